The van der Waals surface area contributed by atoms with Crippen molar-refractivity contribution in [3.8, 4) is 0 Å². The molecule has 0 aliphatic rings. The molecule has 1 heterocycles. The van der Waals surface area contributed by atoms with E-state index < -0.39 is 150 Å². The zero-order valence-electron chi connectivity index (χ0n) is 29.8. The maximum absolute atomic E-state index is 15.4. The van der Waals surface area contributed by atoms with Crippen molar-refractivity contribution in [3.05, 3.63) is 177 Å². The van der Waals surface area contributed by atoms with Gasteiger partial charge in [0.1, 0.15) is 52.7 Å². The Morgan fingerprint density at radius 2 is 0.714 bits per heavy atom. The summed E-state index contributed by atoms with van der Waals surface area (Å²) >= 11 is 0. The van der Waals surface area contributed by atoms with Crippen LogP contribution in [-0.4, -0.2) is 22.8 Å². The number of carbonyl (C=O) groups excluding carboxylic acids is 2. The number of amides is 1. The molecule has 0 atom stereocenters. The smallest absolute Gasteiger partial charge is 0.273 e. The van der Waals surface area contributed by atoms with E-state index in [0.29, 0.717) is 5.56 Å². The second kappa shape index (κ2) is 17.4. The van der Waals surface area contributed by atoms with Crippen LogP contribution in [0.4, 0.5) is 87.8 Å². The lowest BCUT2D eigenvalue weighted by Crippen LogP contribution is -2.81. The van der Waals surface area contributed by atoms with Gasteiger partial charge in [-0.1, -0.05) is 30.3 Å². The molecule has 5 aromatic carbocycles. The van der Waals surface area contributed by atoms with Crippen LogP contribution in [0.5, 0.6) is 0 Å². The lowest BCUT2D eigenvalue weighted by atomic mass is 9.12. The monoisotopic (exact) mass is 921 g/mol. The van der Waals surface area contributed by atoms with Crippen LogP contribution in [0.25, 0.3) is 0 Å². The summed E-state index contributed by atoms with van der Waals surface area (Å²) in [6.45, 7) is 0.146. The molecule has 0 saturated carbocycles. The van der Waals surface area contributed by atoms with Crippen LogP contribution in [0.3, 0.4) is 0 Å². The van der Waals surface area contributed by atoms with Crippen molar-refractivity contribution < 1.29 is 102 Å². The zero-order chi connectivity index (χ0) is 47.3. The minimum absolute atomic E-state index is 0.0396. The number of hydrogen-bond acceptors (Lipinski definition) is 3. The molecule has 0 bridgehead atoms. The molecule has 0 radical (unpaired) electrons. The van der Waals surface area contributed by atoms with Gasteiger partial charge in [0.25, 0.3) is 5.91 Å². The quantitative estimate of drug-likeness (QED) is 0.0494. The molecule has 0 unspecified atom stereocenters. The van der Waals surface area contributed by atoms with Gasteiger partial charge in [-0.05, 0) is 0 Å². The number of ketones is 1. The van der Waals surface area contributed by atoms with Gasteiger partial charge in [-0.25, -0.2) is 92.8 Å². The first-order valence-electron chi connectivity index (χ1n) is 16.3. The standard InChI is InChI=1S/C24BF20.C13H11N3O2/c26-5-1(6(27)14(35)21(42)13(5)34)25(2-7(28)15(36)22(43)16(37)8(2)29,3-9(30)17(38)23(44)18(39)10(3)31)4-11(32)19(40)24(45)20(41)12(4)33;14-13(18)11-8-16(7-6-15-11)9-12(17)10-4-2-1-3-5-10/h;1-8H,9H2,(H-,14,18)/q-1;/p+1. The van der Waals surface area contributed by atoms with Crippen LogP contribution in [0, 0.1) is 116 Å². The van der Waals surface area contributed by atoms with E-state index >= 15 is 35.1 Å². The normalized spacial score (nSPS) is 11.4. The lowest BCUT2D eigenvalue weighted by Gasteiger charge is -2.44. The van der Waals surface area contributed by atoms with E-state index in [9.17, 15) is 62.3 Å². The van der Waals surface area contributed by atoms with Gasteiger partial charge in [0.15, 0.2) is 81.7 Å². The second-order valence-electron chi connectivity index (χ2n) is 12.6. The molecule has 1 amide bonds. The molecule has 26 heteroatoms. The van der Waals surface area contributed by atoms with E-state index in [-0.39, 0.29) is 18.0 Å². The van der Waals surface area contributed by atoms with Gasteiger partial charge < -0.3 is 5.73 Å². The molecule has 6 rings (SSSR count). The molecule has 2 N–H and O–H groups in total. The fourth-order valence-corrected chi connectivity index (χ4v) is 6.41. The molecule has 0 spiro atoms. The van der Waals surface area contributed by atoms with Crippen molar-refractivity contribution in [2.24, 2.45) is 5.73 Å². The number of carbonyl (C=O) groups is 2. The number of primary amides is 1. The number of nitrogens with two attached hydrogens (primary N) is 1. The highest BCUT2D eigenvalue weighted by molar-refractivity contribution is 7.20. The van der Waals surface area contributed by atoms with Crippen molar-refractivity contribution in [1.82, 2.24) is 4.98 Å². The summed E-state index contributed by atoms with van der Waals surface area (Å²) in [5.41, 5.74) is -8.44. The summed E-state index contributed by atoms with van der Waals surface area (Å²) in [6.07, 6.45) is -2.69. The van der Waals surface area contributed by atoms with Crippen molar-refractivity contribution in [2.45, 2.75) is 6.54 Å². The average molecular weight is 921 g/mol. The molecule has 0 saturated heterocycles. The van der Waals surface area contributed by atoms with Crippen molar-refractivity contribution in [3.63, 3.8) is 0 Å². The highest BCUT2D eigenvalue weighted by Crippen LogP contribution is 2.30. The van der Waals surface area contributed by atoms with Crippen LogP contribution in [0.1, 0.15) is 20.8 Å². The van der Waals surface area contributed by atoms with Crippen molar-refractivity contribution in [1.29, 1.82) is 0 Å². The topological polar surface area (TPSA) is 76.9 Å². The van der Waals surface area contributed by atoms with E-state index in [1.54, 1.807) is 35.0 Å². The van der Waals surface area contributed by atoms with Crippen LogP contribution in [0.2, 0.25) is 0 Å². The molecule has 63 heavy (non-hydrogen) atoms. The Hall–Kier alpha value is -7.02. The Labute approximate surface area is 335 Å². The van der Waals surface area contributed by atoms with Crippen molar-refractivity contribution >= 4 is 39.7 Å². The minimum atomic E-state index is -7.22. The molecule has 1 aromatic heterocycles. The molecular weight excluding hydrogens is 909 g/mol. The fraction of sp³-hybridized carbons (Fsp3) is 0.0270. The molecule has 6 aromatic rings. The van der Waals surface area contributed by atoms with Gasteiger partial charge >= 0.3 is 0 Å². The third kappa shape index (κ3) is 7.55. The average Bonchev–Trinajstić information content (AvgIpc) is 3.26. The Balaban J connectivity index is 0.000000345. The van der Waals surface area contributed by atoms with Gasteiger partial charge in [0.05, 0.1) is 6.20 Å². The molecule has 0 aliphatic heterocycles. The predicted molar refractivity (Wildman–Crippen MR) is 173 cm³/mol. The summed E-state index contributed by atoms with van der Waals surface area (Å²) < 4.78 is 296. The fourth-order valence-electron chi connectivity index (χ4n) is 6.41. The molecule has 5 nitrogen and oxygen atoms in total. The first-order valence-corrected chi connectivity index (χ1v) is 16.3. The van der Waals surface area contributed by atoms with E-state index in [1.807, 2.05) is 6.07 Å². The molecule has 0 aliphatic carbocycles. The Kier molecular flexibility index (Phi) is 13.0. The van der Waals surface area contributed by atoms with E-state index in [2.05, 4.69) is 4.98 Å². The Morgan fingerprint density at radius 1 is 0.444 bits per heavy atom. The third-order valence-corrected chi connectivity index (χ3v) is 9.14. The number of nitrogens with zero attached hydrogens (tertiary/aromatic N) is 2. The van der Waals surface area contributed by atoms with Gasteiger partial charge in [-0.2, -0.15) is 4.57 Å². The Morgan fingerprint density at radius 3 is 0.984 bits per heavy atom. The van der Waals surface area contributed by atoms with Gasteiger partial charge in [-0.3, -0.25) is 9.59 Å². The van der Waals surface area contributed by atoms with Gasteiger partial charge in [-0.15, -0.1) is 21.9 Å². The maximum atomic E-state index is 15.4. The van der Waals surface area contributed by atoms with E-state index in [4.69, 9.17) is 5.73 Å². The third-order valence-electron chi connectivity index (χ3n) is 9.14. The summed E-state index contributed by atoms with van der Waals surface area (Å²) in [5, 5.41) is 0. The predicted octanol–water partition coefficient (Wildman–Crippen LogP) is 6.20. The van der Waals surface area contributed by atoms with E-state index in [1.165, 1.54) is 12.4 Å². The summed E-state index contributed by atoms with van der Waals surface area (Å²) in [7, 11) is 0. The van der Waals surface area contributed by atoms with E-state index in [0.717, 1.165) is 0 Å². The zero-order valence-corrected chi connectivity index (χ0v) is 29.8. The molecular formula is C37H12BF20N3O2. The van der Waals surface area contributed by atoms with Crippen LogP contribution < -0.4 is 32.2 Å². The first kappa shape index (κ1) is 47.0. The highest BCUT2D eigenvalue weighted by atomic mass is 19.2. The van der Waals surface area contributed by atoms with Crippen LogP contribution >= 0.6 is 0 Å². The number of hydrogen-bond donors (Lipinski definition) is 1. The number of Topliss-reactive ketones (excluding diaryl/α,β-unsaturated/α-hetero) is 1. The number of aromatic nitrogens is 2. The number of benzene rings is 5. The number of rotatable bonds is 8. The second-order valence-corrected chi connectivity index (χ2v) is 12.6. The molecule has 330 valence electrons. The largest absolute Gasteiger partial charge is 0.364 e. The van der Waals surface area contributed by atoms with Gasteiger partial charge in [0, 0.05) is 5.56 Å². The minimum Gasteiger partial charge on any atom is -0.364 e. The summed E-state index contributed by atoms with van der Waals surface area (Å²) in [6, 6.07) is 8.96. The summed E-state index contributed by atoms with van der Waals surface area (Å²) in [4.78, 5) is 26.7. The Bertz CT molecular complexity index is 2500. The maximum Gasteiger partial charge on any atom is 0.273 e. The van der Waals surface area contributed by atoms with Crippen LogP contribution in [0.15, 0.2) is 48.9 Å². The van der Waals surface area contributed by atoms with Gasteiger partial charge in [0.2, 0.25) is 18.5 Å². The van der Waals surface area contributed by atoms with Crippen LogP contribution in [-0.2, 0) is 6.54 Å². The highest BCUT2D eigenvalue weighted by Gasteiger charge is 2.52. The SMILES string of the molecule is Fc1c(F)c(F)c([B-](c2c(F)c(F)c(F)c(F)c2F)(c2c(F)c(F)c(F)c(F)c2F)c2c(F)c(F)c(F)c(F)c2F)c(F)c1F.NC(=O)c1c[n+](CC(=O)c2ccccc2)ccn1. The first-order chi connectivity index (χ1) is 29.4. The number of halogens is 20. The summed E-state index contributed by atoms with van der Waals surface area (Å²) in [5.74, 6) is -72.1. The lowest BCUT2D eigenvalue weighted by molar-refractivity contribution is -0.683. The molecule has 0 fully saturated rings. The van der Waals surface area contributed by atoms with Crippen molar-refractivity contribution in [2.75, 3.05) is 0 Å².